The highest BCUT2D eigenvalue weighted by atomic mass is 28.3. The number of ether oxygens (including phenoxy) is 1. The molecule has 0 bridgehead atoms. The molecule has 2 rings (SSSR count). The Hall–Kier alpha value is -0.393. The molecule has 1 amide bonds. The Kier molecular flexibility index (Phi) is 4.09. The van der Waals surface area contributed by atoms with E-state index in [0.29, 0.717) is 6.61 Å². The Labute approximate surface area is 130 Å². The molecule has 121 valence electrons. The highest BCUT2D eigenvalue weighted by Crippen LogP contribution is 2.51. The first kappa shape index (κ1) is 17.0. The summed E-state index contributed by atoms with van der Waals surface area (Å²) >= 11 is 0. The van der Waals surface area contributed by atoms with Crippen LogP contribution >= 0.6 is 0 Å². The molecule has 2 aliphatic heterocycles. The Bertz CT molecular complexity index is 430. The van der Waals surface area contributed by atoms with Crippen molar-refractivity contribution >= 4 is 14.9 Å². The van der Waals surface area contributed by atoms with Gasteiger partial charge in [0.1, 0.15) is 5.72 Å². The molecule has 0 aromatic heterocycles. The first-order valence-electron chi connectivity index (χ1n) is 7.88. The smallest absolute Gasteiger partial charge is 0.233 e. The van der Waals surface area contributed by atoms with Gasteiger partial charge < -0.3 is 14.1 Å². The summed E-state index contributed by atoms with van der Waals surface area (Å²) in [6, 6.07) is 0.242. The average Bonchev–Trinajstić information content (AvgIpc) is 2.23. The summed E-state index contributed by atoms with van der Waals surface area (Å²) in [5, 5.41) is 0. The standard InChI is InChI=1S/C16H30NO3Si/c1-14(2,3)16(6,20-21(7)8)12-11-9-10-19-15(4,5)17(11)13(12)18/h11-12H,9-10H2,1-8H3. The minimum Gasteiger partial charge on any atom is -0.411 e. The Morgan fingerprint density at radius 3 is 2.33 bits per heavy atom. The van der Waals surface area contributed by atoms with Crippen LogP contribution in [0.1, 0.15) is 48.0 Å². The molecular weight excluding hydrogens is 282 g/mol. The predicted octanol–water partition coefficient (Wildman–Crippen LogP) is 3.04. The summed E-state index contributed by atoms with van der Waals surface area (Å²) in [6.45, 7) is 17.6. The Balaban J connectivity index is 2.33. The van der Waals surface area contributed by atoms with Crippen LogP contribution in [0, 0.1) is 11.3 Å². The van der Waals surface area contributed by atoms with E-state index in [1.807, 2.05) is 18.7 Å². The van der Waals surface area contributed by atoms with Gasteiger partial charge in [-0.2, -0.15) is 0 Å². The molecule has 0 aromatic rings. The topological polar surface area (TPSA) is 38.8 Å². The van der Waals surface area contributed by atoms with Crippen molar-refractivity contribution in [1.29, 1.82) is 0 Å². The van der Waals surface area contributed by atoms with Gasteiger partial charge in [-0.15, -0.1) is 0 Å². The van der Waals surface area contributed by atoms with E-state index < -0.39 is 20.4 Å². The Morgan fingerprint density at radius 2 is 1.86 bits per heavy atom. The number of amides is 1. The number of hydrogen-bond acceptors (Lipinski definition) is 3. The summed E-state index contributed by atoms with van der Waals surface area (Å²) < 4.78 is 12.2. The molecule has 0 aromatic carbocycles. The number of hydrogen-bond donors (Lipinski definition) is 0. The third-order valence-corrected chi connectivity index (χ3v) is 6.00. The molecule has 2 fully saturated rings. The number of nitrogens with zero attached hydrogens (tertiary/aromatic N) is 1. The lowest BCUT2D eigenvalue weighted by Crippen LogP contribution is -2.77. The number of carbonyl (C=O) groups is 1. The molecule has 0 N–H and O–H groups in total. The van der Waals surface area contributed by atoms with Gasteiger partial charge in [-0.1, -0.05) is 20.8 Å². The molecule has 0 saturated carbocycles. The van der Waals surface area contributed by atoms with Gasteiger partial charge in [0.25, 0.3) is 0 Å². The molecule has 2 aliphatic rings. The van der Waals surface area contributed by atoms with Crippen LogP contribution < -0.4 is 0 Å². The molecule has 4 nitrogen and oxygen atoms in total. The number of rotatable bonds is 3. The quantitative estimate of drug-likeness (QED) is 0.594. The van der Waals surface area contributed by atoms with E-state index in [2.05, 4.69) is 40.8 Å². The maximum absolute atomic E-state index is 12.9. The van der Waals surface area contributed by atoms with Crippen LogP contribution in [0.2, 0.25) is 13.1 Å². The van der Waals surface area contributed by atoms with Crippen molar-refractivity contribution in [2.75, 3.05) is 6.61 Å². The normalized spacial score (nSPS) is 31.7. The lowest BCUT2D eigenvalue weighted by Gasteiger charge is -2.63. The predicted molar refractivity (Wildman–Crippen MR) is 85.2 cm³/mol. The molecule has 0 spiro atoms. The molecule has 21 heavy (non-hydrogen) atoms. The van der Waals surface area contributed by atoms with Crippen molar-refractivity contribution < 1.29 is 14.0 Å². The van der Waals surface area contributed by atoms with Gasteiger partial charge in [0, 0.05) is 0 Å². The first-order chi connectivity index (χ1) is 9.42. The van der Waals surface area contributed by atoms with E-state index in [9.17, 15) is 4.79 Å². The average molecular weight is 313 g/mol. The van der Waals surface area contributed by atoms with Crippen LogP contribution in [0.4, 0.5) is 0 Å². The molecule has 3 atom stereocenters. The van der Waals surface area contributed by atoms with Crippen molar-refractivity contribution in [2.45, 2.75) is 78.4 Å². The molecule has 0 aliphatic carbocycles. The van der Waals surface area contributed by atoms with Crippen LogP contribution in [0.5, 0.6) is 0 Å². The zero-order valence-electron chi connectivity index (χ0n) is 14.7. The second-order valence-corrected chi connectivity index (χ2v) is 10.2. The molecule has 2 heterocycles. The lowest BCUT2D eigenvalue weighted by molar-refractivity contribution is -0.255. The van der Waals surface area contributed by atoms with Crippen molar-refractivity contribution in [3.8, 4) is 0 Å². The Morgan fingerprint density at radius 1 is 1.29 bits per heavy atom. The van der Waals surface area contributed by atoms with Crippen molar-refractivity contribution in [3.63, 3.8) is 0 Å². The first-order valence-corrected chi connectivity index (χ1v) is 10.3. The molecule has 1 radical (unpaired) electrons. The fraction of sp³-hybridized carbons (Fsp3) is 0.938. The molecule has 5 heteroatoms. The van der Waals surface area contributed by atoms with E-state index in [4.69, 9.17) is 9.16 Å². The third-order valence-electron chi connectivity index (χ3n) is 5.17. The zero-order chi connectivity index (χ0) is 16.2. The van der Waals surface area contributed by atoms with Crippen LogP contribution in [-0.4, -0.2) is 43.8 Å². The van der Waals surface area contributed by atoms with E-state index in [0.717, 1.165) is 6.42 Å². The molecule has 2 saturated heterocycles. The minimum absolute atomic E-state index is 0.0550. The van der Waals surface area contributed by atoms with Crippen LogP contribution in [0.3, 0.4) is 0 Å². The molecular formula is C16H30NO3Si. The number of carbonyl (C=O) groups excluding carboxylic acids is 1. The SMILES string of the molecule is C[Si](C)OC(C)(C1C(=O)N2C1CCOC2(C)C)C(C)(C)C. The monoisotopic (exact) mass is 312 g/mol. The summed E-state index contributed by atoms with van der Waals surface area (Å²) in [4.78, 5) is 14.8. The van der Waals surface area contributed by atoms with Gasteiger partial charge in [0.15, 0.2) is 0 Å². The number of fused-ring (bicyclic) bond motifs is 1. The highest BCUT2D eigenvalue weighted by Gasteiger charge is 2.64. The summed E-state index contributed by atoms with van der Waals surface area (Å²) in [5.41, 5.74) is -0.984. The fourth-order valence-electron chi connectivity index (χ4n) is 3.71. The molecule has 3 unspecified atom stereocenters. The minimum atomic E-state index is -0.885. The second kappa shape index (κ2) is 5.07. The number of β-lactam (4-membered cyclic amide) rings is 1. The van der Waals surface area contributed by atoms with Gasteiger partial charge in [0.2, 0.25) is 14.9 Å². The largest absolute Gasteiger partial charge is 0.411 e. The van der Waals surface area contributed by atoms with Gasteiger partial charge in [0.05, 0.1) is 24.2 Å². The fourth-order valence-corrected chi connectivity index (χ4v) is 5.00. The second-order valence-electron chi connectivity index (χ2n) is 8.20. The summed E-state index contributed by atoms with van der Waals surface area (Å²) in [7, 11) is -0.885. The van der Waals surface area contributed by atoms with Crippen LogP contribution in [0.25, 0.3) is 0 Å². The summed E-state index contributed by atoms with van der Waals surface area (Å²) in [6.07, 6.45) is 0.907. The highest BCUT2D eigenvalue weighted by molar-refractivity contribution is 6.48. The van der Waals surface area contributed by atoms with E-state index in [-0.39, 0.29) is 23.3 Å². The van der Waals surface area contributed by atoms with Crippen molar-refractivity contribution in [2.24, 2.45) is 11.3 Å². The van der Waals surface area contributed by atoms with E-state index in [1.54, 1.807) is 0 Å². The third kappa shape index (κ3) is 2.57. The lowest BCUT2D eigenvalue weighted by atomic mass is 9.62. The van der Waals surface area contributed by atoms with Crippen molar-refractivity contribution in [3.05, 3.63) is 0 Å². The maximum Gasteiger partial charge on any atom is 0.233 e. The maximum atomic E-state index is 12.9. The summed E-state index contributed by atoms with van der Waals surface area (Å²) in [5.74, 6) is 0.131. The van der Waals surface area contributed by atoms with E-state index >= 15 is 0 Å². The van der Waals surface area contributed by atoms with Crippen LogP contribution in [-0.2, 0) is 14.0 Å². The van der Waals surface area contributed by atoms with Gasteiger partial charge >= 0.3 is 0 Å². The zero-order valence-corrected chi connectivity index (χ0v) is 15.7. The van der Waals surface area contributed by atoms with Crippen molar-refractivity contribution in [1.82, 2.24) is 4.90 Å². The van der Waals surface area contributed by atoms with Crippen LogP contribution in [0.15, 0.2) is 0 Å². The van der Waals surface area contributed by atoms with Gasteiger partial charge in [-0.3, -0.25) is 4.79 Å². The van der Waals surface area contributed by atoms with Gasteiger partial charge in [-0.25, -0.2) is 0 Å². The van der Waals surface area contributed by atoms with E-state index in [1.165, 1.54) is 0 Å². The van der Waals surface area contributed by atoms with Gasteiger partial charge in [-0.05, 0) is 45.7 Å².